The molecular formula is C15H19N5O3S2. The Hall–Kier alpha value is -1.94. The number of benzene rings is 1. The van der Waals surface area contributed by atoms with E-state index >= 15 is 0 Å². The lowest BCUT2D eigenvalue weighted by Gasteiger charge is -2.23. The minimum absolute atomic E-state index is 0.0425. The van der Waals surface area contributed by atoms with Gasteiger partial charge in [0.1, 0.15) is 0 Å². The van der Waals surface area contributed by atoms with Crippen molar-refractivity contribution in [2.24, 2.45) is 0 Å². The van der Waals surface area contributed by atoms with Crippen molar-refractivity contribution < 1.29 is 13.2 Å². The van der Waals surface area contributed by atoms with Crippen molar-refractivity contribution in [3.8, 4) is 5.69 Å². The second-order valence-corrected chi connectivity index (χ2v) is 9.18. The first kappa shape index (κ1) is 17.9. The molecule has 0 N–H and O–H groups in total. The third kappa shape index (κ3) is 4.01. The first-order chi connectivity index (χ1) is 11.9. The van der Waals surface area contributed by atoms with E-state index in [0.717, 1.165) is 11.3 Å². The van der Waals surface area contributed by atoms with Crippen LogP contribution in [0.2, 0.25) is 0 Å². The van der Waals surface area contributed by atoms with E-state index < -0.39 is 9.84 Å². The molecule has 0 radical (unpaired) electrons. The van der Waals surface area contributed by atoms with Crippen LogP contribution in [0, 0.1) is 6.92 Å². The molecule has 1 saturated heterocycles. The fraction of sp³-hybridized carbons (Fsp3) is 0.467. The number of aryl methyl sites for hydroxylation is 1. The summed E-state index contributed by atoms with van der Waals surface area (Å²) < 4.78 is 24.8. The maximum absolute atomic E-state index is 12.4. The minimum atomic E-state index is -3.02. The molecule has 0 saturated carbocycles. The quantitative estimate of drug-likeness (QED) is 0.703. The van der Waals surface area contributed by atoms with Gasteiger partial charge in [0.25, 0.3) is 0 Å². The Morgan fingerprint density at radius 2 is 2.16 bits per heavy atom. The average Bonchev–Trinajstić information content (AvgIpc) is 3.18. The molecule has 0 aliphatic carbocycles. The molecule has 1 aliphatic rings. The van der Waals surface area contributed by atoms with E-state index in [-0.39, 0.29) is 29.2 Å². The molecule has 3 rings (SSSR count). The fourth-order valence-electron chi connectivity index (χ4n) is 2.73. The topological polar surface area (TPSA) is 98.1 Å². The fourth-order valence-corrected chi connectivity index (χ4v) is 5.32. The zero-order chi connectivity index (χ0) is 18.0. The zero-order valence-corrected chi connectivity index (χ0v) is 15.6. The molecule has 1 fully saturated rings. The van der Waals surface area contributed by atoms with E-state index in [1.54, 1.807) is 11.7 Å². The number of amides is 1. The summed E-state index contributed by atoms with van der Waals surface area (Å²) in [6.07, 6.45) is 0.496. The number of hydrogen-bond acceptors (Lipinski definition) is 7. The second-order valence-electron chi connectivity index (χ2n) is 6.01. The van der Waals surface area contributed by atoms with E-state index in [2.05, 4.69) is 15.5 Å². The first-order valence-electron chi connectivity index (χ1n) is 7.80. The lowest BCUT2D eigenvalue weighted by Crippen LogP contribution is -2.38. The first-order valence-corrected chi connectivity index (χ1v) is 10.6. The van der Waals surface area contributed by atoms with Crippen LogP contribution in [0.3, 0.4) is 0 Å². The van der Waals surface area contributed by atoms with E-state index in [9.17, 15) is 13.2 Å². The number of carbonyl (C=O) groups excluding carboxylic acids is 1. The Labute approximate surface area is 150 Å². The highest BCUT2D eigenvalue weighted by atomic mass is 32.2. The predicted molar refractivity (Wildman–Crippen MR) is 94.4 cm³/mol. The summed E-state index contributed by atoms with van der Waals surface area (Å²) in [5.41, 5.74) is 1.88. The van der Waals surface area contributed by atoms with Crippen molar-refractivity contribution in [2.45, 2.75) is 24.5 Å². The largest absolute Gasteiger partial charge is 0.341 e. The number of tetrazole rings is 1. The standard InChI is InChI=1S/C15H19N5O3S2/c1-11-5-3-4-6-13(11)20-15(16-17-18-20)24-9-14(21)19(2)12-7-8-25(22,23)10-12/h3-6,12H,7-10H2,1-2H3/t12-/m1/s1. The summed E-state index contributed by atoms with van der Waals surface area (Å²) in [4.78, 5) is 13.9. The molecule has 8 nitrogen and oxygen atoms in total. The van der Waals surface area contributed by atoms with Crippen molar-refractivity contribution in [3.63, 3.8) is 0 Å². The SMILES string of the molecule is Cc1ccccc1-n1nnnc1SCC(=O)N(C)[C@@H]1CCS(=O)(=O)C1. The van der Waals surface area contributed by atoms with Crippen molar-refractivity contribution in [1.29, 1.82) is 0 Å². The molecular weight excluding hydrogens is 362 g/mol. The highest BCUT2D eigenvalue weighted by molar-refractivity contribution is 7.99. The summed E-state index contributed by atoms with van der Waals surface area (Å²) in [6, 6.07) is 7.46. The van der Waals surface area contributed by atoms with Gasteiger partial charge in [-0.1, -0.05) is 30.0 Å². The molecule has 1 amide bonds. The van der Waals surface area contributed by atoms with Gasteiger partial charge in [-0.05, 0) is 35.4 Å². The van der Waals surface area contributed by atoms with E-state index in [0.29, 0.717) is 11.6 Å². The van der Waals surface area contributed by atoms with Gasteiger partial charge < -0.3 is 4.90 Å². The number of para-hydroxylation sites is 1. The third-order valence-corrected chi connectivity index (χ3v) is 6.91. The number of carbonyl (C=O) groups is 1. The third-order valence-electron chi connectivity index (χ3n) is 4.26. The normalized spacial score (nSPS) is 19.0. The molecule has 1 atom stereocenters. The highest BCUT2D eigenvalue weighted by Gasteiger charge is 2.32. The monoisotopic (exact) mass is 381 g/mol. The van der Waals surface area contributed by atoms with Crippen molar-refractivity contribution >= 4 is 27.5 Å². The maximum atomic E-state index is 12.4. The van der Waals surface area contributed by atoms with Crippen LogP contribution >= 0.6 is 11.8 Å². The predicted octanol–water partition coefficient (Wildman–Crippen LogP) is 0.708. The van der Waals surface area contributed by atoms with Crippen molar-refractivity contribution in [2.75, 3.05) is 24.3 Å². The second kappa shape index (κ2) is 7.12. The van der Waals surface area contributed by atoms with Crippen molar-refractivity contribution in [1.82, 2.24) is 25.1 Å². The van der Waals surface area contributed by atoms with Crippen LogP contribution in [0.4, 0.5) is 0 Å². The molecule has 0 unspecified atom stereocenters. The number of rotatable bonds is 5. The van der Waals surface area contributed by atoms with Gasteiger partial charge in [0, 0.05) is 13.1 Å². The van der Waals surface area contributed by atoms with Gasteiger partial charge in [-0.15, -0.1) is 5.10 Å². The molecule has 134 valence electrons. The van der Waals surface area contributed by atoms with Gasteiger partial charge in [-0.25, -0.2) is 8.42 Å². The lowest BCUT2D eigenvalue weighted by atomic mass is 10.2. The van der Waals surface area contributed by atoms with Crippen LogP contribution in [0.25, 0.3) is 5.69 Å². The molecule has 1 aromatic carbocycles. The summed E-state index contributed by atoms with van der Waals surface area (Å²) in [6.45, 7) is 1.96. The van der Waals surface area contributed by atoms with Crippen LogP contribution in [0.15, 0.2) is 29.4 Å². The summed E-state index contributed by atoms with van der Waals surface area (Å²) >= 11 is 1.24. The van der Waals surface area contributed by atoms with Gasteiger partial charge in [0.2, 0.25) is 11.1 Å². The molecule has 10 heteroatoms. The number of sulfone groups is 1. The number of nitrogens with zero attached hydrogens (tertiary/aromatic N) is 5. The van der Waals surface area contributed by atoms with Crippen LogP contribution < -0.4 is 0 Å². The Morgan fingerprint density at radius 1 is 1.40 bits per heavy atom. The molecule has 2 aromatic rings. The zero-order valence-electron chi connectivity index (χ0n) is 14.0. The maximum Gasteiger partial charge on any atom is 0.233 e. The molecule has 1 aliphatic heterocycles. The Bertz CT molecular complexity index is 881. The van der Waals surface area contributed by atoms with Crippen LogP contribution in [-0.2, 0) is 14.6 Å². The molecule has 2 heterocycles. The minimum Gasteiger partial charge on any atom is -0.341 e. The van der Waals surface area contributed by atoms with Crippen molar-refractivity contribution in [3.05, 3.63) is 29.8 Å². The highest BCUT2D eigenvalue weighted by Crippen LogP contribution is 2.22. The summed E-state index contributed by atoms with van der Waals surface area (Å²) in [5, 5.41) is 12.2. The van der Waals surface area contributed by atoms with Crippen LogP contribution in [0.5, 0.6) is 0 Å². The number of hydrogen-bond donors (Lipinski definition) is 0. The van der Waals surface area contributed by atoms with Gasteiger partial charge in [0.15, 0.2) is 9.84 Å². The number of aromatic nitrogens is 4. The average molecular weight is 381 g/mol. The van der Waals surface area contributed by atoms with Gasteiger partial charge in [-0.3, -0.25) is 4.79 Å². The van der Waals surface area contributed by atoms with E-state index in [4.69, 9.17) is 0 Å². The Balaban J connectivity index is 1.66. The van der Waals surface area contributed by atoms with Crippen LogP contribution in [-0.4, -0.2) is 69.8 Å². The molecule has 25 heavy (non-hydrogen) atoms. The Kier molecular flexibility index (Phi) is 5.09. The molecule has 0 bridgehead atoms. The van der Waals surface area contributed by atoms with Gasteiger partial charge in [0.05, 0.1) is 22.9 Å². The number of thioether (sulfide) groups is 1. The molecule has 1 aromatic heterocycles. The van der Waals surface area contributed by atoms with E-state index in [1.165, 1.54) is 16.7 Å². The van der Waals surface area contributed by atoms with Gasteiger partial charge >= 0.3 is 0 Å². The summed E-state index contributed by atoms with van der Waals surface area (Å²) in [7, 11) is -1.37. The van der Waals surface area contributed by atoms with E-state index in [1.807, 2.05) is 31.2 Å². The van der Waals surface area contributed by atoms with Crippen LogP contribution in [0.1, 0.15) is 12.0 Å². The lowest BCUT2D eigenvalue weighted by molar-refractivity contribution is -0.128. The molecule has 0 spiro atoms. The van der Waals surface area contributed by atoms with Gasteiger partial charge in [-0.2, -0.15) is 4.68 Å². The smallest absolute Gasteiger partial charge is 0.233 e. The summed E-state index contributed by atoms with van der Waals surface area (Å²) in [5.74, 6) is 0.208. The Morgan fingerprint density at radius 3 is 2.84 bits per heavy atom.